The van der Waals surface area contributed by atoms with Gasteiger partial charge in [-0.3, -0.25) is 4.98 Å². The summed E-state index contributed by atoms with van der Waals surface area (Å²) in [4.78, 5) is 6.36. The van der Waals surface area contributed by atoms with E-state index in [9.17, 15) is 8.42 Å². The predicted octanol–water partition coefficient (Wildman–Crippen LogP) is 3.07. The second kappa shape index (κ2) is 8.17. The largest absolute Gasteiger partial charge is 0.371 e. The van der Waals surface area contributed by atoms with Crippen molar-refractivity contribution >= 4 is 27.3 Å². The Bertz CT molecular complexity index is 791. The van der Waals surface area contributed by atoms with Crippen LogP contribution in [0.1, 0.15) is 18.4 Å². The van der Waals surface area contributed by atoms with Crippen LogP contribution in [-0.2, 0) is 15.8 Å². The molecule has 0 spiro atoms. The van der Waals surface area contributed by atoms with Gasteiger partial charge in [-0.2, -0.15) is 0 Å². The highest BCUT2D eigenvalue weighted by Gasteiger charge is 2.21. The maximum absolute atomic E-state index is 12.3. The van der Waals surface area contributed by atoms with Crippen LogP contribution in [0.15, 0.2) is 48.8 Å². The highest BCUT2D eigenvalue weighted by Crippen LogP contribution is 2.23. The first-order valence-corrected chi connectivity index (χ1v) is 10.4. The number of piperidine rings is 1. The van der Waals surface area contributed by atoms with Crippen LogP contribution in [0.3, 0.4) is 0 Å². The number of halogens is 1. The lowest BCUT2D eigenvalue weighted by Gasteiger charge is -2.33. The molecular weight excluding hydrogens is 358 g/mol. The highest BCUT2D eigenvalue weighted by atomic mass is 35.5. The molecule has 25 heavy (non-hydrogen) atoms. The van der Waals surface area contributed by atoms with Crippen LogP contribution in [0, 0.1) is 5.92 Å². The van der Waals surface area contributed by atoms with Crippen LogP contribution < -0.4 is 9.62 Å². The minimum absolute atomic E-state index is 0.0808. The molecule has 1 aliphatic rings. The van der Waals surface area contributed by atoms with Gasteiger partial charge in [0.05, 0.1) is 5.75 Å². The summed E-state index contributed by atoms with van der Waals surface area (Å²) in [6.45, 7) is 2.35. The van der Waals surface area contributed by atoms with Gasteiger partial charge in [-0.1, -0.05) is 29.8 Å². The van der Waals surface area contributed by atoms with E-state index in [4.69, 9.17) is 11.6 Å². The molecule has 1 fully saturated rings. The van der Waals surface area contributed by atoms with Crippen LogP contribution in [0.4, 0.5) is 5.69 Å². The molecule has 2 aromatic rings. The monoisotopic (exact) mass is 379 g/mol. The van der Waals surface area contributed by atoms with Gasteiger partial charge in [0.25, 0.3) is 0 Å². The Morgan fingerprint density at radius 3 is 2.48 bits per heavy atom. The molecule has 0 aliphatic carbocycles. The van der Waals surface area contributed by atoms with Crippen molar-refractivity contribution in [3.8, 4) is 0 Å². The minimum Gasteiger partial charge on any atom is -0.371 e. The number of aromatic nitrogens is 1. The second-order valence-electron chi connectivity index (χ2n) is 6.33. The van der Waals surface area contributed by atoms with Crippen molar-refractivity contribution in [2.24, 2.45) is 5.92 Å². The van der Waals surface area contributed by atoms with Crippen molar-refractivity contribution < 1.29 is 8.42 Å². The van der Waals surface area contributed by atoms with Crippen molar-refractivity contribution in [2.45, 2.75) is 18.6 Å². The van der Waals surface area contributed by atoms with E-state index < -0.39 is 10.0 Å². The van der Waals surface area contributed by atoms with Gasteiger partial charge in [0, 0.05) is 42.7 Å². The number of nitrogens with zero attached hydrogens (tertiary/aromatic N) is 2. The number of anilines is 1. The van der Waals surface area contributed by atoms with Crippen molar-refractivity contribution in [2.75, 3.05) is 24.5 Å². The molecule has 0 radical (unpaired) electrons. The minimum atomic E-state index is -3.38. The van der Waals surface area contributed by atoms with Crippen LogP contribution in [0.2, 0.25) is 5.02 Å². The molecule has 1 aromatic carbocycles. The summed E-state index contributed by atoms with van der Waals surface area (Å²) in [5, 5.41) is 0.485. The predicted molar refractivity (Wildman–Crippen MR) is 101 cm³/mol. The maximum Gasteiger partial charge on any atom is 0.215 e. The number of sulfonamides is 1. The first-order chi connectivity index (χ1) is 12.0. The van der Waals surface area contributed by atoms with Crippen LogP contribution in [-0.4, -0.2) is 33.0 Å². The Labute approximate surface area is 154 Å². The van der Waals surface area contributed by atoms with Crippen molar-refractivity contribution in [1.29, 1.82) is 0 Å². The molecule has 0 bridgehead atoms. The van der Waals surface area contributed by atoms with E-state index in [0.717, 1.165) is 25.9 Å². The summed E-state index contributed by atoms with van der Waals surface area (Å²) < 4.78 is 27.3. The van der Waals surface area contributed by atoms with E-state index in [1.165, 1.54) is 5.69 Å². The smallest absolute Gasteiger partial charge is 0.215 e. The molecule has 7 heteroatoms. The topological polar surface area (TPSA) is 62.3 Å². The average Bonchev–Trinajstić information content (AvgIpc) is 2.63. The Hall–Kier alpha value is -1.63. The molecule has 1 N–H and O–H groups in total. The summed E-state index contributed by atoms with van der Waals surface area (Å²) in [7, 11) is -3.38. The summed E-state index contributed by atoms with van der Waals surface area (Å²) in [5.41, 5.74) is 1.80. The summed E-state index contributed by atoms with van der Waals surface area (Å²) in [6, 6.07) is 11.1. The zero-order valence-electron chi connectivity index (χ0n) is 13.9. The first kappa shape index (κ1) is 18.2. The SMILES string of the molecule is O=S(=O)(Cc1ccccc1Cl)NCC1CCN(c2ccncc2)CC1. The molecule has 0 unspecified atom stereocenters. The number of benzene rings is 1. The Kier molecular flexibility index (Phi) is 5.93. The molecule has 0 atom stereocenters. The highest BCUT2D eigenvalue weighted by molar-refractivity contribution is 7.88. The molecule has 2 heterocycles. The molecule has 1 saturated heterocycles. The molecule has 134 valence electrons. The fourth-order valence-electron chi connectivity index (χ4n) is 3.07. The van der Waals surface area contributed by atoms with Gasteiger partial charge in [-0.25, -0.2) is 13.1 Å². The Balaban J connectivity index is 1.48. The number of nitrogens with one attached hydrogen (secondary N) is 1. The molecule has 1 aliphatic heterocycles. The van der Waals surface area contributed by atoms with Gasteiger partial charge < -0.3 is 4.90 Å². The molecule has 0 saturated carbocycles. The van der Waals surface area contributed by atoms with Gasteiger partial charge in [-0.15, -0.1) is 0 Å². The van der Waals surface area contributed by atoms with Gasteiger partial charge in [0.2, 0.25) is 10.0 Å². The molecule has 3 rings (SSSR count). The molecule has 5 nitrogen and oxygen atoms in total. The van der Waals surface area contributed by atoms with Crippen LogP contribution in [0.25, 0.3) is 0 Å². The number of hydrogen-bond acceptors (Lipinski definition) is 4. The van der Waals surface area contributed by atoms with Crippen molar-refractivity contribution in [1.82, 2.24) is 9.71 Å². The lowest BCUT2D eigenvalue weighted by Crippen LogP contribution is -2.39. The fourth-order valence-corrected chi connectivity index (χ4v) is 4.60. The van der Waals surface area contributed by atoms with E-state index in [-0.39, 0.29) is 5.75 Å². The van der Waals surface area contributed by atoms with E-state index in [2.05, 4.69) is 14.6 Å². The third-order valence-corrected chi connectivity index (χ3v) is 6.20. The maximum atomic E-state index is 12.3. The van der Waals surface area contributed by atoms with Crippen molar-refractivity contribution in [3.05, 3.63) is 59.4 Å². The number of rotatable bonds is 6. The first-order valence-electron chi connectivity index (χ1n) is 8.39. The van der Waals surface area contributed by atoms with Gasteiger partial charge >= 0.3 is 0 Å². The van der Waals surface area contributed by atoms with Crippen molar-refractivity contribution in [3.63, 3.8) is 0 Å². The number of pyridine rings is 1. The molecule has 1 aromatic heterocycles. The van der Waals surface area contributed by atoms with Gasteiger partial charge in [-0.05, 0) is 42.5 Å². The Morgan fingerprint density at radius 1 is 1.12 bits per heavy atom. The quantitative estimate of drug-likeness (QED) is 0.837. The van der Waals surface area contributed by atoms with E-state index in [1.54, 1.807) is 36.7 Å². The lowest BCUT2D eigenvalue weighted by atomic mass is 9.97. The normalized spacial score (nSPS) is 16.1. The summed E-state index contributed by atoms with van der Waals surface area (Å²) >= 11 is 6.05. The van der Waals surface area contributed by atoms with Gasteiger partial charge in [0.15, 0.2) is 0 Å². The molecule has 0 amide bonds. The third-order valence-electron chi connectivity index (χ3n) is 4.54. The van der Waals surface area contributed by atoms with Crippen LogP contribution >= 0.6 is 11.6 Å². The number of hydrogen-bond donors (Lipinski definition) is 1. The van der Waals surface area contributed by atoms with Gasteiger partial charge in [0.1, 0.15) is 0 Å². The van der Waals surface area contributed by atoms with E-state index in [1.807, 2.05) is 12.1 Å². The Morgan fingerprint density at radius 2 is 1.80 bits per heavy atom. The third kappa shape index (κ3) is 5.17. The zero-order chi connectivity index (χ0) is 17.7. The fraction of sp³-hybridized carbons (Fsp3) is 0.389. The second-order valence-corrected chi connectivity index (χ2v) is 8.55. The standard InChI is InChI=1S/C18H22ClN3O2S/c19-18-4-2-1-3-16(18)14-25(23,24)21-13-15-7-11-22(12-8-15)17-5-9-20-10-6-17/h1-6,9-10,15,21H,7-8,11-14H2. The van der Waals surface area contributed by atoms with E-state index in [0.29, 0.717) is 23.0 Å². The van der Waals surface area contributed by atoms with E-state index >= 15 is 0 Å². The van der Waals surface area contributed by atoms with Crippen LogP contribution in [0.5, 0.6) is 0 Å². The zero-order valence-corrected chi connectivity index (χ0v) is 15.5. The lowest BCUT2D eigenvalue weighted by molar-refractivity contribution is 0.402. The molecular formula is C18H22ClN3O2S. The average molecular weight is 380 g/mol. The summed E-state index contributed by atoms with van der Waals surface area (Å²) in [6.07, 6.45) is 5.53. The summed E-state index contributed by atoms with van der Waals surface area (Å²) in [5.74, 6) is 0.279.